The molecule has 1 amide bonds. The Labute approximate surface area is 85.5 Å². The number of aliphatic hydroxyl groups is 1. The van der Waals surface area contributed by atoms with Crippen LogP contribution in [0, 0.1) is 0 Å². The average molecular weight is 200 g/mol. The minimum Gasteiger partial charge on any atom is -0.393 e. The Balaban J connectivity index is 2.39. The number of likely N-dealkylation sites (N-methyl/N-ethyl adjacent to an activating group) is 1. The molecule has 1 saturated heterocycles. The van der Waals surface area contributed by atoms with Crippen LogP contribution >= 0.6 is 0 Å². The number of aliphatic hydroxyl groups excluding tert-OH is 1. The molecule has 0 radical (unpaired) electrons. The van der Waals surface area contributed by atoms with Crippen molar-refractivity contribution >= 4 is 5.91 Å². The van der Waals surface area contributed by atoms with E-state index in [2.05, 4.69) is 0 Å². The van der Waals surface area contributed by atoms with Gasteiger partial charge in [-0.15, -0.1) is 0 Å². The van der Waals surface area contributed by atoms with Crippen molar-refractivity contribution in [1.82, 2.24) is 9.80 Å². The highest BCUT2D eigenvalue weighted by Gasteiger charge is 2.19. The smallest absolute Gasteiger partial charge is 0.236 e. The molecule has 0 bridgehead atoms. The van der Waals surface area contributed by atoms with E-state index < -0.39 is 0 Å². The average Bonchev–Trinajstić information content (AvgIpc) is 2.28. The number of rotatable bonds is 2. The first-order valence-electron chi connectivity index (χ1n) is 5.20. The summed E-state index contributed by atoms with van der Waals surface area (Å²) in [6.07, 6.45) is 2.25. The van der Waals surface area contributed by atoms with Gasteiger partial charge >= 0.3 is 0 Å². The molecule has 0 aliphatic carbocycles. The van der Waals surface area contributed by atoms with Crippen LogP contribution in [0.2, 0.25) is 0 Å². The van der Waals surface area contributed by atoms with Gasteiger partial charge in [0.2, 0.25) is 5.91 Å². The number of amides is 1. The summed E-state index contributed by atoms with van der Waals surface area (Å²) >= 11 is 0. The fourth-order valence-electron chi connectivity index (χ4n) is 1.70. The van der Waals surface area contributed by atoms with Crippen molar-refractivity contribution in [3.63, 3.8) is 0 Å². The normalized spacial score (nSPS) is 23.7. The number of carbonyl (C=O) groups is 1. The maximum absolute atomic E-state index is 11.7. The zero-order valence-corrected chi connectivity index (χ0v) is 9.07. The van der Waals surface area contributed by atoms with Crippen molar-refractivity contribution in [3.8, 4) is 0 Å². The summed E-state index contributed by atoms with van der Waals surface area (Å²) in [5, 5.41) is 9.42. The SMILES string of the molecule is CN(C)CC(=O)N1CCCC(O)CC1. The Morgan fingerprint density at radius 3 is 2.79 bits per heavy atom. The Bertz CT molecular complexity index is 195. The van der Waals surface area contributed by atoms with Crippen LogP contribution in [-0.2, 0) is 4.79 Å². The Morgan fingerprint density at radius 1 is 1.43 bits per heavy atom. The number of likely N-dealkylation sites (tertiary alicyclic amines) is 1. The van der Waals surface area contributed by atoms with Gasteiger partial charge in [-0.1, -0.05) is 0 Å². The van der Waals surface area contributed by atoms with E-state index in [1.54, 1.807) is 0 Å². The largest absolute Gasteiger partial charge is 0.393 e. The van der Waals surface area contributed by atoms with Crippen LogP contribution in [0.5, 0.6) is 0 Å². The first kappa shape index (κ1) is 11.5. The van der Waals surface area contributed by atoms with Crippen molar-refractivity contribution in [2.75, 3.05) is 33.7 Å². The summed E-state index contributed by atoms with van der Waals surface area (Å²) in [6, 6.07) is 0. The molecule has 1 aliphatic rings. The molecule has 1 heterocycles. The molecule has 4 nitrogen and oxygen atoms in total. The molecule has 0 aromatic rings. The number of carbonyl (C=O) groups excluding carboxylic acids is 1. The minimum atomic E-state index is -0.216. The zero-order valence-electron chi connectivity index (χ0n) is 9.07. The summed E-state index contributed by atoms with van der Waals surface area (Å²) in [5.74, 6) is 0.170. The van der Waals surface area contributed by atoms with Gasteiger partial charge in [-0.3, -0.25) is 4.79 Å². The molecule has 4 heteroatoms. The summed E-state index contributed by atoms with van der Waals surface area (Å²) < 4.78 is 0. The molecule has 1 fully saturated rings. The van der Waals surface area contributed by atoms with Gasteiger partial charge in [-0.2, -0.15) is 0 Å². The van der Waals surface area contributed by atoms with Crippen LogP contribution in [0.1, 0.15) is 19.3 Å². The second kappa shape index (κ2) is 5.32. The molecule has 1 unspecified atom stereocenters. The summed E-state index contributed by atoms with van der Waals surface area (Å²) in [6.45, 7) is 1.97. The fourth-order valence-corrected chi connectivity index (χ4v) is 1.70. The van der Waals surface area contributed by atoms with Gasteiger partial charge in [-0.25, -0.2) is 0 Å². The molecule has 0 aromatic carbocycles. The third kappa shape index (κ3) is 3.64. The van der Waals surface area contributed by atoms with Gasteiger partial charge in [0.15, 0.2) is 0 Å². The van der Waals surface area contributed by atoms with Crippen molar-refractivity contribution < 1.29 is 9.90 Å². The maximum atomic E-state index is 11.7. The van der Waals surface area contributed by atoms with E-state index in [9.17, 15) is 9.90 Å². The monoisotopic (exact) mass is 200 g/mol. The molecule has 82 valence electrons. The molecule has 1 rings (SSSR count). The molecular formula is C10H20N2O2. The molecule has 0 saturated carbocycles. The lowest BCUT2D eigenvalue weighted by Crippen LogP contribution is -2.38. The molecule has 14 heavy (non-hydrogen) atoms. The highest BCUT2D eigenvalue weighted by atomic mass is 16.3. The lowest BCUT2D eigenvalue weighted by atomic mass is 10.2. The highest BCUT2D eigenvalue weighted by molar-refractivity contribution is 5.78. The first-order chi connectivity index (χ1) is 6.59. The number of hydrogen-bond donors (Lipinski definition) is 1. The summed E-state index contributed by atoms with van der Waals surface area (Å²) in [5.41, 5.74) is 0. The topological polar surface area (TPSA) is 43.8 Å². The molecule has 1 atom stereocenters. The third-order valence-corrected chi connectivity index (χ3v) is 2.50. The van der Waals surface area contributed by atoms with Crippen LogP contribution in [0.15, 0.2) is 0 Å². The van der Waals surface area contributed by atoms with Crippen LogP contribution in [0.4, 0.5) is 0 Å². The van der Waals surface area contributed by atoms with Gasteiger partial charge in [-0.05, 0) is 33.4 Å². The molecule has 0 spiro atoms. The van der Waals surface area contributed by atoms with E-state index >= 15 is 0 Å². The van der Waals surface area contributed by atoms with E-state index in [0.717, 1.165) is 25.8 Å². The van der Waals surface area contributed by atoms with Gasteiger partial charge in [0.05, 0.1) is 12.6 Å². The Hall–Kier alpha value is -0.610. The maximum Gasteiger partial charge on any atom is 0.236 e. The quantitative estimate of drug-likeness (QED) is 0.678. The Morgan fingerprint density at radius 2 is 2.14 bits per heavy atom. The number of hydrogen-bond acceptors (Lipinski definition) is 3. The van der Waals surface area contributed by atoms with Crippen LogP contribution in [-0.4, -0.2) is 60.6 Å². The molecular weight excluding hydrogens is 180 g/mol. The second-order valence-corrected chi connectivity index (χ2v) is 4.20. The Kier molecular flexibility index (Phi) is 4.35. The van der Waals surface area contributed by atoms with Crippen molar-refractivity contribution in [2.45, 2.75) is 25.4 Å². The molecule has 1 aliphatic heterocycles. The van der Waals surface area contributed by atoms with Crippen molar-refractivity contribution in [1.29, 1.82) is 0 Å². The van der Waals surface area contributed by atoms with Crippen LogP contribution in [0.25, 0.3) is 0 Å². The fraction of sp³-hybridized carbons (Fsp3) is 0.900. The molecule has 0 aromatic heterocycles. The second-order valence-electron chi connectivity index (χ2n) is 4.20. The highest BCUT2D eigenvalue weighted by Crippen LogP contribution is 2.10. The van der Waals surface area contributed by atoms with Gasteiger partial charge in [0.1, 0.15) is 0 Å². The van der Waals surface area contributed by atoms with Crippen LogP contribution < -0.4 is 0 Å². The lowest BCUT2D eigenvalue weighted by molar-refractivity contribution is -0.131. The predicted molar refractivity (Wildman–Crippen MR) is 55.0 cm³/mol. The standard InChI is InChI=1S/C10H20N2O2/c1-11(2)8-10(14)12-6-3-4-9(13)5-7-12/h9,13H,3-8H2,1-2H3. The third-order valence-electron chi connectivity index (χ3n) is 2.50. The van der Waals surface area contributed by atoms with E-state index in [-0.39, 0.29) is 12.0 Å². The zero-order chi connectivity index (χ0) is 10.6. The van der Waals surface area contributed by atoms with Crippen molar-refractivity contribution in [3.05, 3.63) is 0 Å². The number of nitrogens with zero attached hydrogens (tertiary/aromatic N) is 2. The predicted octanol–water partition coefficient (Wildman–Crippen LogP) is -0.0786. The van der Waals surface area contributed by atoms with E-state index in [1.807, 2.05) is 23.9 Å². The first-order valence-corrected chi connectivity index (χ1v) is 5.20. The van der Waals surface area contributed by atoms with Crippen LogP contribution in [0.3, 0.4) is 0 Å². The van der Waals surface area contributed by atoms with E-state index in [1.165, 1.54) is 0 Å². The van der Waals surface area contributed by atoms with Gasteiger partial charge in [0.25, 0.3) is 0 Å². The van der Waals surface area contributed by atoms with Gasteiger partial charge in [0, 0.05) is 13.1 Å². The van der Waals surface area contributed by atoms with E-state index in [0.29, 0.717) is 13.1 Å². The summed E-state index contributed by atoms with van der Waals surface area (Å²) in [4.78, 5) is 15.4. The summed E-state index contributed by atoms with van der Waals surface area (Å²) in [7, 11) is 3.79. The van der Waals surface area contributed by atoms with Crippen molar-refractivity contribution in [2.24, 2.45) is 0 Å². The molecule has 1 N–H and O–H groups in total. The lowest BCUT2D eigenvalue weighted by Gasteiger charge is -2.22. The van der Waals surface area contributed by atoms with E-state index in [4.69, 9.17) is 0 Å². The minimum absolute atomic E-state index is 0.170. The van der Waals surface area contributed by atoms with Gasteiger partial charge < -0.3 is 14.9 Å².